The zero-order chi connectivity index (χ0) is 13.4. The summed E-state index contributed by atoms with van der Waals surface area (Å²) in [5.74, 6) is -0.329. The maximum atomic E-state index is 11.4. The van der Waals surface area contributed by atoms with Crippen LogP contribution in [0.15, 0.2) is 0 Å². The minimum absolute atomic E-state index is 0.329. The third-order valence-electron chi connectivity index (χ3n) is 2.26. The first-order chi connectivity index (χ1) is 8.69. The van der Waals surface area contributed by atoms with Crippen molar-refractivity contribution in [1.82, 2.24) is 4.98 Å². The molecule has 1 N–H and O–H groups in total. The normalized spacial score (nSPS) is 10.4. The number of carbonyl (C=O) groups is 1. The topological polar surface area (TPSA) is 60.5 Å². The summed E-state index contributed by atoms with van der Waals surface area (Å²) < 4.78 is 10.1. The number of thiazole rings is 1. The Bertz CT molecular complexity index is 379. The summed E-state index contributed by atoms with van der Waals surface area (Å²) in [7, 11) is 1.37. The summed E-state index contributed by atoms with van der Waals surface area (Å²) in [6.45, 7) is 6.23. The molecule has 1 aromatic heterocycles. The van der Waals surface area contributed by atoms with E-state index in [0.29, 0.717) is 10.6 Å². The first-order valence-electron chi connectivity index (χ1n) is 6.06. The summed E-state index contributed by atoms with van der Waals surface area (Å²) in [5.41, 5.74) is 0.705. The van der Waals surface area contributed by atoms with Gasteiger partial charge in [0.2, 0.25) is 0 Å². The standard InChI is InChI=1S/C12H20N2O3S/c1-4-7-17-8-5-6-13-12-14-9(2)10(18-12)11(15)16-3/h4-8H2,1-3H3,(H,13,14). The highest BCUT2D eigenvalue weighted by Crippen LogP contribution is 2.22. The van der Waals surface area contributed by atoms with Crippen molar-refractivity contribution < 1.29 is 14.3 Å². The molecule has 0 fully saturated rings. The number of aryl methyl sites for hydroxylation is 1. The number of anilines is 1. The summed E-state index contributed by atoms with van der Waals surface area (Å²) in [6, 6.07) is 0. The highest BCUT2D eigenvalue weighted by atomic mass is 32.1. The van der Waals surface area contributed by atoms with E-state index in [1.54, 1.807) is 6.92 Å². The lowest BCUT2D eigenvalue weighted by Crippen LogP contribution is -2.05. The number of ether oxygens (including phenoxy) is 2. The Morgan fingerprint density at radius 3 is 2.89 bits per heavy atom. The maximum Gasteiger partial charge on any atom is 0.350 e. The number of carbonyl (C=O) groups excluding carboxylic acids is 1. The molecule has 0 bridgehead atoms. The van der Waals surface area contributed by atoms with E-state index >= 15 is 0 Å². The number of hydrogen-bond acceptors (Lipinski definition) is 6. The fourth-order valence-corrected chi connectivity index (χ4v) is 2.28. The number of esters is 1. The van der Waals surface area contributed by atoms with Crippen molar-refractivity contribution in [2.75, 3.05) is 32.2 Å². The van der Waals surface area contributed by atoms with Crippen LogP contribution >= 0.6 is 11.3 Å². The van der Waals surface area contributed by atoms with Crippen LogP contribution in [0, 0.1) is 6.92 Å². The van der Waals surface area contributed by atoms with E-state index in [2.05, 4.69) is 22.0 Å². The van der Waals surface area contributed by atoms with Gasteiger partial charge in [-0.25, -0.2) is 9.78 Å². The summed E-state index contributed by atoms with van der Waals surface area (Å²) in [5, 5.41) is 3.93. The zero-order valence-corrected chi connectivity index (χ0v) is 11.9. The van der Waals surface area contributed by atoms with Crippen molar-refractivity contribution in [3.05, 3.63) is 10.6 Å². The van der Waals surface area contributed by atoms with Gasteiger partial charge in [-0.3, -0.25) is 0 Å². The first kappa shape index (κ1) is 14.9. The van der Waals surface area contributed by atoms with Gasteiger partial charge in [-0.15, -0.1) is 0 Å². The number of hydrogen-bond donors (Lipinski definition) is 1. The molecular weight excluding hydrogens is 252 g/mol. The molecule has 0 radical (unpaired) electrons. The number of nitrogens with one attached hydrogen (secondary N) is 1. The molecule has 0 aliphatic rings. The second-order valence-corrected chi connectivity index (χ2v) is 4.82. The molecule has 102 valence electrons. The molecule has 0 aromatic carbocycles. The molecule has 0 atom stereocenters. The van der Waals surface area contributed by atoms with Crippen LogP contribution in [0.25, 0.3) is 0 Å². The van der Waals surface area contributed by atoms with Crippen LogP contribution in [0.5, 0.6) is 0 Å². The first-order valence-corrected chi connectivity index (χ1v) is 6.88. The van der Waals surface area contributed by atoms with Gasteiger partial charge < -0.3 is 14.8 Å². The average Bonchev–Trinajstić information content (AvgIpc) is 2.74. The highest BCUT2D eigenvalue weighted by molar-refractivity contribution is 7.17. The molecule has 0 saturated carbocycles. The maximum absolute atomic E-state index is 11.4. The van der Waals surface area contributed by atoms with Gasteiger partial charge in [0, 0.05) is 19.8 Å². The molecule has 1 heterocycles. The van der Waals surface area contributed by atoms with Gasteiger partial charge in [-0.05, 0) is 19.8 Å². The number of rotatable bonds is 8. The van der Waals surface area contributed by atoms with Crippen LogP contribution in [0.2, 0.25) is 0 Å². The van der Waals surface area contributed by atoms with E-state index < -0.39 is 0 Å². The van der Waals surface area contributed by atoms with Crippen LogP contribution in [0.1, 0.15) is 35.1 Å². The largest absolute Gasteiger partial charge is 0.465 e. The number of aromatic nitrogens is 1. The minimum Gasteiger partial charge on any atom is -0.465 e. The van der Waals surface area contributed by atoms with E-state index in [4.69, 9.17) is 4.74 Å². The second kappa shape index (κ2) is 8.05. The predicted molar refractivity (Wildman–Crippen MR) is 72.4 cm³/mol. The fourth-order valence-electron chi connectivity index (χ4n) is 1.37. The Hall–Kier alpha value is -1.14. The van der Waals surface area contributed by atoms with Crippen molar-refractivity contribution >= 4 is 22.4 Å². The quantitative estimate of drug-likeness (QED) is 0.582. The second-order valence-electron chi connectivity index (χ2n) is 3.82. The number of nitrogens with zero attached hydrogens (tertiary/aromatic N) is 1. The Kier molecular flexibility index (Phi) is 6.67. The van der Waals surface area contributed by atoms with Gasteiger partial charge >= 0.3 is 5.97 Å². The van der Waals surface area contributed by atoms with Gasteiger partial charge in [0.25, 0.3) is 0 Å². The number of methoxy groups -OCH3 is 1. The summed E-state index contributed by atoms with van der Waals surface area (Å²) in [4.78, 5) is 16.2. The average molecular weight is 272 g/mol. The Balaban J connectivity index is 2.33. The van der Waals surface area contributed by atoms with Crippen LogP contribution in [0.3, 0.4) is 0 Å². The molecule has 0 aliphatic heterocycles. The molecule has 1 rings (SSSR count). The van der Waals surface area contributed by atoms with Gasteiger partial charge in [-0.2, -0.15) is 0 Å². The third kappa shape index (κ3) is 4.62. The Morgan fingerprint density at radius 1 is 1.44 bits per heavy atom. The fraction of sp³-hybridized carbons (Fsp3) is 0.667. The van der Waals surface area contributed by atoms with E-state index in [1.165, 1.54) is 18.4 Å². The zero-order valence-electron chi connectivity index (χ0n) is 11.1. The van der Waals surface area contributed by atoms with Crippen molar-refractivity contribution in [3.8, 4) is 0 Å². The molecular formula is C12H20N2O3S. The van der Waals surface area contributed by atoms with Crippen LogP contribution in [-0.4, -0.2) is 37.8 Å². The monoisotopic (exact) mass is 272 g/mol. The Labute approximate surface area is 112 Å². The predicted octanol–water partition coefficient (Wildman–Crippen LogP) is 2.47. The van der Waals surface area contributed by atoms with Crippen LogP contribution in [0.4, 0.5) is 5.13 Å². The van der Waals surface area contributed by atoms with E-state index in [-0.39, 0.29) is 5.97 Å². The smallest absolute Gasteiger partial charge is 0.350 e. The lowest BCUT2D eigenvalue weighted by atomic mass is 10.4. The van der Waals surface area contributed by atoms with Crippen molar-refractivity contribution in [2.45, 2.75) is 26.7 Å². The van der Waals surface area contributed by atoms with Gasteiger partial charge in [0.1, 0.15) is 4.88 Å². The molecule has 1 aromatic rings. The molecule has 0 amide bonds. The van der Waals surface area contributed by atoms with Crippen molar-refractivity contribution in [3.63, 3.8) is 0 Å². The molecule has 0 saturated heterocycles. The van der Waals surface area contributed by atoms with Crippen molar-refractivity contribution in [1.29, 1.82) is 0 Å². The molecule has 18 heavy (non-hydrogen) atoms. The van der Waals surface area contributed by atoms with Gasteiger partial charge in [0.05, 0.1) is 12.8 Å². The molecule has 0 unspecified atom stereocenters. The lowest BCUT2D eigenvalue weighted by Gasteiger charge is -2.03. The van der Waals surface area contributed by atoms with Gasteiger partial charge in [-0.1, -0.05) is 18.3 Å². The van der Waals surface area contributed by atoms with E-state index in [1.807, 2.05) is 0 Å². The molecule has 5 nitrogen and oxygen atoms in total. The van der Waals surface area contributed by atoms with E-state index in [9.17, 15) is 4.79 Å². The molecule has 0 spiro atoms. The molecule has 0 aliphatic carbocycles. The van der Waals surface area contributed by atoms with E-state index in [0.717, 1.165) is 37.7 Å². The third-order valence-corrected chi connectivity index (χ3v) is 3.35. The van der Waals surface area contributed by atoms with Crippen molar-refractivity contribution in [2.24, 2.45) is 0 Å². The molecule has 6 heteroatoms. The van der Waals surface area contributed by atoms with Crippen LogP contribution in [-0.2, 0) is 9.47 Å². The highest BCUT2D eigenvalue weighted by Gasteiger charge is 2.15. The van der Waals surface area contributed by atoms with Crippen LogP contribution < -0.4 is 5.32 Å². The Morgan fingerprint density at radius 2 is 2.22 bits per heavy atom. The lowest BCUT2D eigenvalue weighted by molar-refractivity contribution is 0.0605. The SMILES string of the molecule is CCCOCCCNc1nc(C)c(C(=O)OC)s1. The van der Waals surface area contributed by atoms with Gasteiger partial charge in [0.15, 0.2) is 5.13 Å². The minimum atomic E-state index is -0.329. The summed E-state index contributed by atoms with van der Waals surface area (Å²) >= 11 is 1.32. The summed E-state index contributed by atoms with van der Waals surface area (Å²) in [6.07, 6.45) is 1.97.